The molecular weight excluding hydrogens is 330 g/mol. The summed E-state index contributed by atoms with van der Waals surface area (Å²) in [5.74, 6) is -0.571. The van der Waals surface area contributed by atoms with Crippen LogP contribution in [0.25, 0.3) is 0 Å². The van der Waals surface area contributed by atoms with Crippen LogP contribution in [0.2, 0.25) is 0 Å². The molecule has 1 aliphatic rings. The highest BCUT2D eigenvalue weighted by Crippen LogP contribution is 2.42. The fraction of sp³-hybridized carbons (Fsp3) is 0.455. The zero-order valence-electron chi connectivity index (χ0n) is 7.94. The number of halogens is 4. The van der Waals surface area contributed by atoms with E-state index < -0.39 is 0 Å². The van der Waals surface area contributed by atoms with E-state index in [0.29, 0.717) is 10.4 Å². The molecule has 1 aromatic carbocycles. The Bertz CT molecular complexity index is 379. The molecule has 0 spiro atoms. The third kappa shape index (κ3) is 2.26. The molecule has 2 unspecified atom stereocenters. The molecule has 82 valence electrons. The summed E-state index contributed by atoms with van der Waals surface area (Å²) < 4.78 is 27.2. The molecule has 0 N–H and O–H groups in total. The summed E-state index contributed by atoms with van der Waals surface area (Å²) >= 11 is 6.64. The van der Waals surface area contributed by atoms with Crippen LogP contribution in [-0.4, -0.2) is 4.83 Å². The largest absolute Gasteiger partial charge is 0.207 e. The number of rotatable bonds is 1. The van der Waals surface area contributed by atoms with Crippen molar-refractivity contribution in [2.45, 2.75) is 30.0 Å². The minimum Gasteiger partial charge on any atom is -0.207 e. The smallest absolute Gasteiger partial charge is 0.137 e. The summed E-state index contributed by atoms with van der Waals surface area (Å²) in [6, 6.07) is 2.36. The molecule has 0 saturated heterocycles. The monoisotopic (exact) mass is 338 g/mol. The van der Waals surface area contributed by atoms with Gasteiger partial charge in [-0.25, -0.2) is 8.78 Å². The molecule has 0 amide bonds. The molecule has 2 atom stereocenters. The zero-order chi connectivity index (χ0) is 11.0. The zero-order valence-corrected chi connectivity index (χ0v) is 11.1. The van der Waals surface area contributed by atoms with Crippen molar-refractivity contribution >= 4 is 31.9 Å². The van der Waals surface area contributed by atoms with E-state index in [1.807, 2.05) is 0 Å². The van der Waals surface area contributed by atoms with E-state index in [4.69, 9.17) is 0 Å². The molecular formula is C11H10Br2F2. The molecule has 2 rings (SSSR count). The molecule has 15 heavy (non-hydrogen) atoms. The number of hydrogen-bond donors (Lipinski definition) is 0. The van der Waals surface area contributed by atoms with Crippen LogP contribution in [0, 0.1) is 11.6 Å². The lowest BCUT2D eigenvalue weighted by Crippen LogP contribution is -2.01. The van der Waals surface area contributed by atoms with Gasteiger partial charge in [0.1, 0.15) is 11.6 Å². The van der Waals surface area contributed by atoms with E-state index >= 15 is 0 Å². The first kappa shape index (κ1) is 11.5. The van der Waals surface area contributed by atoms with Gasteiger partial charge < -0.3 is 0 Å². The second kappa shape index (κ2) is 4.50. The van der Waals surface area contributed by atoms with E-state index in [9.17, 15) is 8.78 Å². The van der Waals surface area contributed by atoms with Crippen molar-refractivity contribution in [3.05, 3.63) is 33.8 Å². The molecule has 1 aliphatic carbocycles. The molecule has 0 aromatic heterocycles. The van der Waals surface area contributed by atoms with Crippen molar-refractivity contribution < 1.29 is 8.78 Å². The van der Waals surface area contributed by atoms with Crippen LogP contribution < -0.4 is 0 Å². The second-order valence-corrected chi connectivity index (χ2v) is 5.95. The maximum Gasteiger partial charge on any atom is 0.137 e. The highest BCUT2D eigenvalue weighted by atomic mass is 79.9. The average molecular weight is 340 g/mol. The van der Waals surface area contributed by atoms with Crippen LogP contribution in [0.3, 0.4) is 0 Å². The maximum atomic E-state index is 13.6. The lowest BCUT2D eigenvalue weighted by Gasteiger charge is -2.13. The molecule has 0 bridgehead atoms. The highest BCUT2D eigenvalue weighted by Gasteiger charge is 2.28. The van der Waals surface area contributed by atoms with Crippen molar-refractivity contribution in [1.29, 1.82) is 0 Å². The molecule has 1 saturated carbocycles. The van der Waals surface area contributed by atoms with Crippen LogP contribution in [0.4, 0.5) is 8.78 Å². The van der Waals surface area contributed by atoms with Gasteiger partial charge in [-0.2, -0.15) is 0 Å². The van der Waals surface area contributed by atoms with E-state index in [1.165, 1.54) is 6.07 Å². The SMILES string of the molecule is Fc1ccc(F)c(C2CCC(Br)C2)c1Br. The molecule has 0 heterocycles. The van der Waals surface area contributed by atoms with E-state index in [0.717, 1.165) is 25.3 Å². The number of benzene rings is 1. The van der Waals surface area contributed by atoms with Gasteiger partial charge in [0.05, 0.1) is 4.47 Å². The van der Waals surface area contributed by atoms with Gasteiger partial charge >= 0.3 is 0 Å². The van der Waals surface area contributed by atoms with Gasteiger partial charge in [0.25, 0.3) is 0 Å². The quantitative estimate of drug-likeness (QED) is 0.511. The van der Waals surface area contributed by atoms with Crippen LogP contribution in [0.15, 0.2) is 16.6 Å². The molecule has 1 fully saturated rings. The van der Waals surface area contributed by atoms with Gasteiger partial charge in [0, 0.05) is 10.4 Å². The Balaban J connectivity index is 2.39. The molecule has 0 aliphatic heterocycles. The van der Waals surface area contributed by atoms with Gasteiger partial charge in [0.2, 0.25) is 0 Å². The Morgan fingerprint density at radius 3 is 2.40 bits per heavy atom. The minimum absolute atomic E-state index is 0.124. The van der Waals surface area contributed by atoms with Gasteiger partial charge in [0.15, 0.2) is 0 Å². The fourth-order valence-corrected chi connectivity index (χ4v) is 3.47. The fourth-order valence-electron chi connectivity index (χ4n) is 2.11. The maximum absolute atomic E-state index is 13.6. The van der Waals surface area contributed by atoms with Crippen molar-refractivity contribution in [3.8, 4) is 0 Å². The topological polar surface area (TPSA) is 0 Å². The second-order valence-electron chi connectivity index (χ2n) is 3.86. The molecule has 0 radical (unpaired) electrons. The van der Waals surface area contributed by atoms with Crippen molar-refractivity contribution in [3.63, 3.8) is 0 Å². The standard InChI is InChI=1S/C11H10Br2F2/c12-7-2-1-6(5-7)10-8(14)3-4-9(15)11(10)13/h3-4,6-7H,1-2,5H2. The third-order valence-electron chi connectivity index (χ3n) is 2.86. The first-order valence-corrected chi connectivity index (χ1v) is 6.58. The predicted octanol–water partition coefficient (Wildman–Crippen LogP) is 4.76. The van der Waals surface area contributed by atoms with Gasteiger partial charge in [-0.1, -0.05) is 15.9 Å². The summed E-state index contributed by atoms with van der Waals surface area (Å²) in [4.78, 5) is 0.428. The summed E-state index contributed by atoms with van der Waals surface area (Å²) in [7, 11) is 0. The van der Waals surface area contributed by atoms with Crippen LogP contribution in [0.5, 0.6) is 0 Å². The van der Waals surface area contributed by atoms with Crippen LogP contribution >= 0.6 is 31.9 Å². The van der Waals surface area contributed by atoms with Crippen molar-refractivity contribution in [2.75, 3.05) is 0 Å². The lowest BCUT2D eigenvalue weighted by atomic mass is 9.97. The molecule has 4 heteroatoms. The van der Waals surface area contributed by atoms with Gasteiger partial charge in [-0.05, 0) is 53.2 Å². The van der Waals surface area contributed by atoms with Crippen molar-refractivity contribution in [1.82, 2.24) is 0 Å². The minimum atomic E-state index is -0.385. The van der Waals surface area contributed by atoms with E-state index in [1.54, 1.807) is 0 Å². The van der Waals surface area contributed by atoms with Crippen LogP contribution in [0.1, 0.15) is 30.7 Å². The number of hydrogen-bond acceptors (Lipinski definition) is 0. The number of alkyl halides is 1. The Kier molecular flexibility index (Phi) is 3.45. The Morgan fingerprint density at radius 1 is 1.13 bits per heavy atom. The van der Waals surface area contributed by atoms with Gasteiger partial charge in [-0.3, -0.25) is 0 Å². The van der Waals surface area contributed by atoms with E-state index in [2.05, 4.69) is 31.9 Å². The average Bonchev–Trinajstić information content (AvgIpc) is 2.59. The lowest BCUT2D eigenvalue weighted by molar-refractivity contribution is 0.555. The Labute approximate surface area is 104 Å². The first-order chi connectivity index (χ1) is 7.09. The Hall–Kier alpha value is 0.0400. The summed E-state index contributed by atoms with van der Waals surface area (Å²) in [5.41, 5.74) is 0.497. The normalized spacial score (nSPS) is 25.9. The third-order valence-corrected chi connectivity index (χ3v) is 4.49. The summed E-state index contributed by atoms with van der Waals surface area (Å²) in [5, 5.41) is 0. The summed E-state index contributed by atoms with van der Waals surface area (Å²) in [6.07, 6.45) is 2.81. The predicted molar refractivity (Wildman–Crippen MR) is 63.4 cm³/mol. The van der Waals surface area contributed by atoms with Crippen LogP contribution in [-0.2, 0) is 0 Å². The molecule has 1 aromatic rings. The van der Waals surface area contributed by atoms with E-state index in [-0.39, 0.29) is 22.0 Å². The molecule has 0 nitrogen and oxygen atoms in total. The van der Waals surface area contributed by atoms with Crippen molar-refractivity contribution in [2.24, 2.45) is 0 Å². The highest BCUT2D eigenvalue weighted by molar-refractivity contribution is 9.10. The summed E-state index contributed by atoms with van der Waals surface area (Å²) in [6.45, 7) is 0. The Morgan fingerprint density at radius 2 is 1.80 bits per heavy atom. The first-order valence-electron chi connectivity index (χ1n) is 4.87. The van der Waals surface area contributed by atoms with Gasteiger partial charge in [-0.15, -0.1) is 0 Å².